The van der Waals surface area contributed by atoms with E-state index in [1.807, 2.05) is 13.2 Å². The molecule has 4 rings (SSSR count). The molecule has 3 aromatic heterocycles. The highest BCUT2D eigenvalue weighted by atomic mass is 16.6. The maximum Gasteiger partial charge on any atom is 0.411 e. The van der Waals surface area contributed by atoms with Gasteiger partial charge in [0.2, 0.25) is 0 Å². The van der Waals surface area contributed by atoms with Crippen LogP contribution in [0.2, 0.25) is 0 Å². The summed E-state index contributed by atoms with van der Waals surface area (Å²) in [5.74, 6) is -1.32. The van der Waals surface area contributed by atoms with E-state index in [4.69, 9.17) is 15.5 Å². The Bertz CT molecular complexity index is 1180. The van der Waals surface area contributed by atoms with Crippen LogP contribution in [-0.4, -0.2) is 64.6 Å². The molecule has 32 heavy (non-hydrogen) atoms. The minimum absolute atomic E-state index is 0.299. The van der Waals surface area contributed by atoms with Crippen LogP contribution in [0.4, 0.5) is 10.6 Å². The molecule has 1 aliphatic heterocycles. The van der Waals surface area contributed by atoms with Gasteiger partial charge in [-0.1, -0.05) is 0 Å². The van der Waals surface area contributed by atoms with E-state index >= 15 is 0 Å². The van der Waals surface area contributed by atoms with Crippen LogP contribution in [0.1, 0.15) is 45.2 Å². The number of aromatic nitrogens is 5. The third-order valence-corrected chi connectivity index (χ3v) is 5.43. The number of aliphatic carboxylic acids is 1. The number of ether oxygens (including phenoxy) is 1. The van der Waals surface area contributed by atoms with E-state index in [2.05, 4.69) is 10.2 Å². The van der Waals surface area contributed by atoms with Crippen molar-refractivity contribution in [1.82, 2.24) is 29.3 Å². The number of amides is 1. The second kappa shape index (κ2) is 7.81. The van der Waals surface area contributed by atoms with Crippen LogP contribution in [0.25, 0.3) is 16.8 Å². The molecule has 0 saturated carbocycles. The summed E-state index contributed by atoms with van der Waals surface area (Å²) in [6, 6.07) is 0.518. The number of hydrogen-bond acceptors (Lipinski definition) is 7. The molecule has 1 fully saturated rings. The van der Waals surface area contributed by atoms with Gasteiger partial charge in [0.1, 0.15) is 17.5 Å². The molecule has 2 atom stereocenters. The Morgan fingerprint density at radius 3 is 2.62 bits per heavy atom. The first-order chi connectivity index (χ1) is 15.0. The monoisotopic (exact) mass is 441 g/mol. The average molecular weight is 441 g/mol. The zero-order chi connectivity index (χ0) is 23.2. The van der Waals surface area contributed by atoms with E-state index in [0.717, 1.165) is 11.1 Å². The van der Waals surface area contributed by atoms with Gasteiger partial charge >= 0.3 is 12.1 Å². The summed E-state index contributed by atoms with van der Waals surface area (Å²) in [5.41, 5.74) is 8.08. The van der Waals surface area contributed by atoms with E-state index in [1.165, 1.54) is 9.42 Å². The van der Waals surface area contributed by atoms with Gasteiger partial charge in [0.25, 0.3) is 0 Å². The molecule has 11 nitrogen and oxygen atoms in total. The second-order valence-corrected chi connectivity index (χ2v) is 9.01. The first kappa shape index (κ1) is 21.6. The number of likely N-dealkylation sites (tertiary alicyclic amines) is 1. The number of fused-ring (bicyclic) bond motifs is 1. The van der Waals surface area contributed by atoms with Crippen molar-refractivity contribution in [1.29, 1.82) is 0 Å². The molecule has 1 amide bonds. The highest BCUT2D eigenvalue weighted by molar-refractivity contribution is 5.82. The number of hydrogen-bond donors (Lipinski definition) is 2. The number of piperidine rings is 1. The minimum atomic E-state index is -1.11. The lowest BCUT2D eigenvalue weighted by Gasteiger charge is -2.39. The van der Waals surface area contributed by atoms with Crippen molar-refractivity contribution in [3.8, 4) is 11.1 Å². The highest BCUT2D eigenvalue weighted by Crippen LogP contribution is 2.35. The summed E-state index contributed by atoms with van der Waals surface area (Å²) in [5, 5.41) is 18.5. The number of aryl methyl sites for hydroxylation is 1. The Kier molecular flexibility index (Phi) is 5.27. The predicted octanol–water partition coefficient (Wildman–Crippen LogP) is 2.28. The summed E-state index contributed by atoms with van der Waals surface area (Å²) in [6.45, 7) is 5.54. The zero-order valence-corrected chi connectivity index (χ0v) is 18.5. The zero-order valence-electron chi connectivity index (χ0n) is 18.5. The molecule has 170 valence electrons. The maximum absolute atomic E-state index is 12.8. The van der Waals surface area contributed by atoms with Crippen molar-refractivity contribution in [2.24, 2.45) is 7.05 Å². The van der Waals surface area contributed by atoms with Gasteiger partial charge in [-0.15, -0.1) is 0 Å². The molecule has 1 aliphatic rings. The third kappa shape index (κ3) is 3.97. The SMILES string of the molecule is Cn1cc(-c2cnn3c(N)cc(C4CCCN(C(=O)OC(C)(C)C)C4C(=O)O)nc23)cn1. The fraction of sp³-hybridized carbons (Fsp3) is 0.476. The molecule has 0 aliphatic carbocycles. The van der Waals surface area contributed by atoms with Gasteiger partial charge in [0, 0.05) is 42.9 Å². The fourth-order valence-corrected chi connectivity index (χ4v) is 4.10. The lowest BCUT2D eigenvalue weighted by molar-refractivity contribution is -0.145. The van der Waals surface area contributed by atoms with Crippen LogP contribution < -0.4 is 5.73 Å². The summed E-state index contributed by atoms with van der Waals surface area (Å²) in [7, 11) is 1.81. The highest BCUT2D eigenvalue weighted by Gasteiger charge is 2.42. The maximum atomic E-state index is 12.8. The number of carbonyl (C=O) groups is 2. The number of anilines is 1. The van der Waals surface area contributed by atoms with E-state index in [-0.39, 0.29) is 0 Å². The van der Waals surface area contributed by atoms with Crippen molar-refractivity contribution in [2.75, 3.05) is 12.3 Å². The first-order valence-electron chi connectivity index (χ1n) is 10.4. The normalized spacial score (nSPS) is 19.3. The number of nitrogens with zero attached hydrogens (tertiary/aromatic N) is 6. The van der Waals surface area contributed by atoms with Crippen molar-refractivity contribution in [3.05, 3.63) is 30.4 Å². The number of nitrogen functional groups attached to an aromatic ring is 1. The fourth-order valence-electron chi connectivity index (χ4n) is 4.10. The van der Waals surface area contributed by atoms with E-state index in [9.17, 15) is 14.7 Å². The third-order valence-electron chi connectivity index (χ3n) is 5.43. The molecule has 4 heterocycles. The van der Waals surface area contributed by atoms with Crippen molar-refractivity contribution < 1.29 is 19.4 Å². The predicted molar refractivity (Wildman–Crippen MR) is 116 cm³/mol. The number of carboxylic acids is 1. The molecule has 0 spiro atoms. The largest absolute Gasteiger partial charge is 0.480 e. The second-order valence-electron chi connectivity index (χ2n) is 9.01. The molecule has 2 unspecified atom stereocenters. The molecule has 0 radical (unpaired) electrons. The van der Waals surface area contributed by atoms with Gasteiger partial charge in [-0.05, 0) is 33.6 Å². The Morgan fingerprint density at radius 2 is 2.00 bits per heavy atom. The van der Waals surface area contributed by atoms with Crippen LogP contribution in [-0.2, 0) is 16.6 Å². The Labute approximate surface area is 184 Å². The van der Waals surface area contributed by atoms with E-state index in [0.29, 0.717) is 36.5 Å². The Hall–Kier alpha value is -3.63. The quantitative estimate of drug-likeness (QED) is 0.631. The van der Waals surface area contributed by atoms with Crippen molar-refractivity contribution >= 4 is 23.5 Å². The summed E-state index contributed by atoms with van der Waals surface area (Å²) in [6.07, 6.45) is 5.72. The van der Waals surface area contributed by atoms with Crippen LogP contribution in [0.15, 0.2) is 24.7 Å². The molecule has 11 heteroatoms. The molecular weight excluding hydrogens is 414 g/mol. The minimum Gasteiger partial charge on any atom is -0.480 e. The molecule has 3 N–H and O–H groups in total. The number of rotatable bonds is 3. The van der Waals surface area contributed by atoms with Crippen molar-refractivity contribution in [2.45, 2.75) is 51.2 Å². The van der Waals surface area contributed by atoms with E-state index in [1.54, 1.807) is 43.9 Å². The molecule has 1 saturated heterocycles. The first-order valence-corrected chi connectivity index (χ1v) is 10.4. The van der Waals surface area contributed by atoms with E-state index < -0.39 is 29.6 Å². The average Bonchev–Trinajstić information content (AvgIpc) is 3.32. The van der Waals surface area contributed by atoms with Gasteiger partial charge in [0.05, 0.1) is 18.1 Å². The standard InChI is InChI=1S/C21H27N7O4/c1-21(2,3)32-20(31)27-7-5-6-13(17(27)19(29)30)15-8-16(22)28-18(25-15)14(10-24-28)12-9-23-26(4)11-12/h8-11,13,17H,5-7,22H2,1-4H3,(H,29,30). The lowest BCUT2D eigenvalue weighted by atomic mass is 9.86. The van der Waals surface area contributed by atoms with Crippen LogP contribution in [0, 0.1) is 0 Å². The van der Waals surface area contributed by atoms with Crippen molar-refractivity contribution in [3.63, 3.8) is 0 Å². The van der Waals surface area contributed by atoms with Gasteiger partial charge in [0.15, 0.2) is 5.65 Å². The lowest BCUT2D eigenvalue weighted by Crippen LogP contribution is -2.53. The summed E-state index contributed by atoms with van der Waals surface area (Å²) < 4.78 is 8.64. The number of carboxylic acid groups (broad SMARTS) is 1. The Balaban J connectivity index is 1.76. The van der Waals surface area contributed by atoms with Gasteiger partial charge < -0.3 is 15.6 Å². The van der Waals surface area contributed by atoms with Crippen LogP contribution >= 0.6 is 0 Å². The summed E-state index contributed by atoms with van der Waals surface area (Å²) >= 11 is 0. The topological polar surface area (TPSA) is 141 Å². The number of nitrogens with two attached hydrogens (primary N) is 1. The van der Waals surface area contributed by atoms with Gasteiger partial charge in [-0.25, -0.2) is 14.6 Å². The van der Waals surface area contributed by atoms with Gasteiger partial charge in [-0.2, -0.15) is 14.7 Å². The molecule has 0 bridgehead atoms. The van der Waals surface area contributed by atoms with Crippen LogP contribution in [0.5, 0.6) is 0 Å². The molecule has 0 aromatic carbocycles. The summed E-state index contributed by atoms with van der Waals surface area (Å²) in [4.78, 5) is 31.1. The smallest absolute Gasteiger partial charge is 0.411 e. The van der Waals surface area contributed by atoms with Crippen LogP contribution in [0.3, 0.4) is 0 Å². The molecule has 3 aromatic rings. The Morgan fingerprint density at radius 1 is 1.25 bits per heavy atom. The molecular formula is C21H27N7O4. The number of carbonyl (C=O) groups excluding carboxylic acids is 1. The van der Waals surface area contributed by atoms with Gasteiger partial charge in [-0.3, -0.25) is 9.58 Å².